The number of amides is 1. The van der Waals surface area contributed by atoms with Crippen LogP contribution in [0.4, 0.5) is 0 Å². The van der Waals surface area contributed by atoms with Gasteiger partial charge in [-0.2, -0.15) is 0 Å². The summed E-state index contributed by atoms with van der Waals surface area (Å²) in [5, 5.41) is 5.17. The minimum absolute atomic E-state index is 0.0132. The first kappa shape index (κ1) is 19.8. The topological polar surface area (TPSA) is 67.6 Å². The summed E-state index contributed by atoms with van der Waals surface area (Å²) in [4.78, 5) is 20.4. The van der Waals surface area contributed by atoms with Gasteiger partial charge in [-0.15, -0.1) is 11.3 Å². The van der Waals surface area contributed by atoms with Crippen molar-refractivity contribution in [2.75, 3.05) is 32.8 Å². The van der Waals surface area contributed by atoms with Crippen molar-refractivity contribution in [2.45, 2.75) is 18.9 Å². The summed E-state index contributed by atoms with van der Waals surface area (Å²) in [5.74, 6) is 1.33. The first-order chi connectivity index (χ1) is 14.3. The molecule has 1 aromatic carbocycles. The highest BCUT2D eigenvalue weighted by molar-refractivity contribution is 7.10. The summed E-state index contributed by atoms with van der Waals surface area (Å²) in [6.45, 7) is 3.85. The van der Waals surface area contributed by atoms with E-state index in [1.807, 2.05) is 30.3 Å². The number of morpholine rings is 1. The van der Waals surface area contributed by atoms with Crippen molar-refractivity contribution in [2.24, 2.45) is 0 Å². The molecule has 1 amide bonds. The van der Waals surface area contributed by atoms with Crippen molar-refractivity contribution in [1.82, 2.24) is 15.2 Å². The molecule has 1 fully saturated rings. The molecular weight excluding hydrogens is 386 g/mol. The Morgan fingerprint density at radius 3 is 2.76 bits per heavy atom. The van der Waals surface area contributed by atoms with Crippen molar-refractivity contribution in [3.8, 4) is 11.3 Å². The van der Waals surface area contributed by atoms with E-state index in [9.17, 15) is 4.79 Å². The molecule has 1 saturated heterocycles. The molecule has 0 unspecified atom stereocenters. The lowest BCUT2D eigenvalue weighted by molar-refractivity contribution is -0.121. The zero-order chi connectivity index (χ0) is 19.9. The Balaban J connectivity index is 1.29. The van der Waals surface area contributed by atoms with Gasteiger partial charge in [-0.1, -0.05) is 36.4 Å². The Labute approximate surface area is 174 Å². The number of rotatable bonds is 8. The summed E-state index contributed by atoms with van der Waals surface area (Å²) in [6.07, 6.45) is 2.56. The Morgan fingerprint density at radius 1 is 1.17 bits per heavy atom. The molecule has 0 radical (unpaired) electrons. The fourth-order valence-electron chi connectivity index (χ4n) is 3.46. The zero-order valence-electron chi connectivity index (χ0n) is 16.3. The average molecular weight is 412 g/mol. The molecule has 152 valence electrons. The third-order valence-corrected chi connectivity index (χ3v) is 6.00. The largest absolute Gasteiger partial charge is 0.441 e. The standard InChI is InChI=1S/C22H25N3O3S/c26-21(8-9-22-24-16-19(28-22)17-5-2-1-3-6-17)23-15-18(20-7-4-14-29-20)25-10-12-27-13-11-25/h1-7,14,16,18H,8-13,15H2,(H,23,26)/t18-/m0/s1. The van der Waals surface area contributed by atoms with Gasteiger partial charge in [0.2, 0.25) is 5.91 Å². The maximum Gasteiger partial charge on any atom is 0.220 e. The highest BCUT2D eigenvalue weighted by atomic mass is 32.1. The Hall–Kier alpha value is -2.48. The number of nitrogens with one attached hydrogen (secondary N) is 1. The number of nitrogens with zero attached hydrogens (tertiary/aromatic N) is 2. The molecule has 1 aliphatic heterocycles. The van der Waals surface area contributed by atoms with Crippen LogP contribution in [-0.4, -0.2) is 48.6 Å². The number of oxazole rings is 1. The van der Waals surface area contributed by atoms with E-state index in [4.69, 9.17) is 9.15 Å². The number of aromatic nitrogens is 1. The quantitative estimate of drug-likeness (QED) is 0.614. The van der Waals surface area contributed by atoms with Gasteiger partial charge >= 0.3 is 0 Å². The van der Waals surface area contributed by atoms with Crippen LogP contribution in [0.1, 0.15) is 23.2 Å². The second-order valence-corrected chi connectivity index (χ2v) is 7.95. The van der Waals surface area contributed by atoms with Crippen LogP contribution >= 0.6 is 11.3 Å². The van der Waals surface area contributed by atoms with E-state index in [0.717, 1.165) is 37.6 Å². The number of ether oxygens (including phenoxy) is 1. The van der Waals surface area contributed by atoms with Crippen molar-refractivity contribution in [3.63, 3.8) is 0 Å². The van der Waals surface area contributed by atoms with Crippen molar-refractivity contribution < 1.29 is 13.9 Å². The van der Waals surface area contributed by atoms with Gasteiger partial charge in [0, 0.05) is 42.9 Å². The van der Waals surface area contributed by atoms with Crippen molar-refractivity contribution >= 4 is 17.2 Å². The normalized spacial score (nSPS) is 15.9. The van der Waals surface area contributed by atoms with E-state index in [2.05, 4.69) is 32.7 Å². The number of thiophene rings is 1. The molecule has 3 aromatic rings. The van der Waals surface area contributed by atoms with Crippen LogP contribution in [0.2, 0.25) is 0 Å². The van der Waals surface area contributed by atoms with Crippen LogP contribution < -0.4 is 5.32 Å². The zero-order valence-corrected chi connectivity index (χ0v) is 17.1. The average Bonchev–Trinajstić information content (AvgIpc) is 3.46. The minimum atomic E-state index is 0.0132. The highest BCUT2D eigenvalue weighted by Gasteiger charge is 2.24. The molecule has 2 aromatic heterocycles. The Bertz CT molecular complexity index is 889. The lowest BCUT2D eigenvalue weighted by Gasteiger charge is -2.34. The minimum Gasteiger partial charge on any atom is -0.441 e. The Kier molecular flexibility index (Phi) is 6.71. The lowest BCUT2D eigenvalue weighted by atomic mass is 10.2. The number of carbonyl (C=O) groups excluding carboxylic acids is 1. The maximum atomic E-state index is 12.4. The van der Waals surface area contributed by atoms with Gasteiger partial charge in [0.05, 0.1) is 25.5 Å². The molecule has 0 bridgehead atoms. The van der Waals surface area contributed by atoms with Gasteiger partial charge in [-0.05, 0) is 11.4 Å². The van der Waals surface area contributed by atoms with E-state index in [-0.39, 0.29) is 11.9 Å². The molecular formula is C22H25N3O3S. The summed E-state index contributed by atoms with van der Waals surface area (Å²) in [6, 6.07) is 14.2. The molecule has 1 atom stereocenters. The molecule has 29 heavy (non-hydrogen) atoms. The Morgan fingerprint density at radius 2 is 2.00 bits per heavy atom. The summed E-state index contributed by atoms with van der Waals surface area (Å²) in [5.41, 5.74) is 0.986. The highest BCUT2D eigenvalue weighted by Crippen LogP contribution is 2.25. The first-order valence-corrected chi connectivity index (χ1v) is 10.8. The van der Waals surface area contributed by atoms with Gasteiger partial charge in [-0.3, -0.25) is 9.69 Å². The van der Waals surface area contributed by atoms with E-state index in [0.29, 0.717) is 25.3 Å². The van der Waals surface area contributed by atoms with Crippen LogP contribution in [0.25, 0.3) is 11.3 Å². The molecule has 1 N–H and O–H groups in total. The van der Waals surface area contributed by atoms with Crippen LogP contribution in [0.3, 0.4) is 0 Å². The third-order valence-electron chi connectivity index (χ3n) is 5.03. The predicted molar refractivity (Wildman–Crippen MR) is 113 cm³/mol. The van der Waals surface area contributed by atoms with Crippen LogP contribution in [-0.2, 0) is 16.0 Å². The molecule has 0 spiro atoms. The van der Waals surface area contributed by atoms with Gasteiger partial charge in [0.1, 0.15) is 0 Å². The van der Waals surface area contributed by atoms with Crippen molar-refractivity contribution in [1.29, 1.82) is 0 Å². The summed E-state index contributed by atoms with van der Waals surface area (Å²) in [7, 11) is 0. The smallest absolute Gasteiger partial charge is 0.220 e. The first-order valence-electron chi connectivity index (χ1n) is 9.91. The monoisotopic (exact) mass is 411 g/mol. The van der Waals surface area contributed by atoms with Gasteiger partial charge in [0.15, 0.2) is 11.7 Å². The summed E-state index contributed by atoms with van der Waals surface area (Å²) < 4.78 is 11.3. The van der Waals surface area contributed by atoms with Gasteiger partial charge < -0.3 is 14.5 Å². The van der Waals surface area contributed by atoms with E-state index < -0.39 is 0 Å². The fourth-order valence-corrected chi connectivity index (χ4v) is 4.32. The molecule has 1 aliphatic rings. The van der Waals surface area contributed by atoms with Gasteiger partial charge in [-0.25, -0.2) is 4.98 Å². The second kappa shape index (κ2) is 9.82. The molecule has 6 nitrogen and oxygen atoms in total. The predicted octanol–water partition coefficient (Wildman–Crippen LogP) is 3.53. The van der Waals surface area contributed by atoms with Crippen LogP contribution in [0.5, 0.6) is 0 Å². The second-order valence-electron chi connectivity index (χ2n) is 6.97. The molecule has 7 heteroatoms. The maximum absolute atomic E-state index is 12.4. The number of hydrogen-bond donors (Lipinski definition) is 1. The SMILES string of the molecule is O=C(CCc1ncc(-c2ccccc2)o1)NC[C@@H](c1cccs1)N1CCOCC1. The van der Waals surface area contributed by atoms with Crippen molar-refractivity contribution in [3.05, 3.63) is 64.8 Å². The number of benzene rings is 1. The number of carbonyl (C=O) groups is 1. The number of hydrogen-bond acceptors (Lipinski definition) is 6. The summed E-state index contributed by atoms with van der Waals surface area (Å²) >= 11 is 1.73. The molecule has 0 saturated carbocycles. The van der Waals surface area contributed by atoms with E-state index in [1.165, 1.54) is 4.88 Å². The lowest BCUT2D eigenvalue weighted by Crippen LogP contribution is -2.43. The third kappa shape index (κ3) is 5.32. The molecule has 0 aliphatic carbocycles. The van der Waals surface area contributed by atoms with E-state index in [1.54, 1.807) is 17.5 Å². The molecule has 4 rings (SSSR count). The van der Waals surface area contributed by atoms with Crippen LogP contribution in [0.15, 0.2) is 58.5 Å². The fraction of sp³-hybridized carbons (Fsp3) is 0.364. The van der Waals surface area contributed by atoms with Gasteiger partial charge in [0.25, 0.3) is 0 Å². The number of aryl methyl sites for hydroxylation is 1. The van der Waals surface area contributed by atoms with Crippen LogP contribution in [0, 0.1) is 0 Å². The molecule has 3 heterocycles. The van der Waals surface area contributed by atoms with E-state index >= 15 is 0 Å².